The molecule has 0 fully saturated rings. The Morgan fingerprint density at radius 2 is 1.78 bits per heavy atom. The molecule has 0 saturated heterocycles. The van der Waals surface area contributed by atoms with E-state index in [0.29, 0.717) is 27.8 Å². The monoisotopic (exact) mass is 520 g/mol. The smallest absolute Gasteiger partial charge is 0.341 e. The van der Waals surface area contributed by atoms with E-state index in [1.807, 2.05) is 31.2 Å². The van der Waals surface area contributed by atoms with Gasteiger partial charge in [0.05, 0.1) is 12.2 Å². The molecule has 2 aromatic carbocycles. The Morgan fingerprint density at radius 1 is 1.03 bits per heavy atom. The molecule has 1 aliphatic rings. The van der Waals surface area contributed by atoms with Crippen LogP contribution in [0, 0.1) is 5.92 Å². The normalized spacial score (nSPS) is 14.4. The number of carbonyl (C=O) groups is 3. The average molecular weight is 521 g/mol. The zero-order valence-corrected chi connectivity index (χ0v) is 22.2. The van der Waals surface area contributed by atoms with E-state index < -0.39 is 5.97 Å². The Hall–Kier alpha value is -3.65. The van der Waals surface area contributed by atoms with Crippen molar-refractivity contribution in [3.8, 4) is 5.75 Å². The summed E-state index contributed by atoms with van der Waals surface area (Å²) in [5.41, 5.74) is 3.81. The van der Waals surface area contributed by atoms with E-state index >= 15 is 0 Å². The van der Waals surface area contributed by atoms with Crippen molar-refractivity contribution < 1.29 is 23.9 Å². The summed E-state index contributed by atoms with van der Waals surface area (Å²) in [6.45, 7) is 6.05. The zero-order chi connectivity index (χ0) is 26.4. The number of aryl methyl sites for hydroxylation is 1. The Bertz CT molecular complexity index is 1280. The molecule has 0 saturated carbocycles. The van der Waals surface area contributed by atoms with Gasteiger partial charge in [0.25, 0.3) is 11.8 Å². The third-order valence-electron chi connectivity index (χ3n) is 6.38. The van der Waals surface area contributed by atoms with E-state index in [9.17, 15) is 14.4 Å². The number of rotatable bonds is 9. The van der Waals surface area contributed by atoms with Gasteiger partial charge in [-0.1, -0.05) is 32.0 Å². The third-order valence-corrected chi connectivity index (χ3v) is 7.55. The number of benzene rings is 2. The maximum atomic E-state index is 12.7. The van der Waals surface area contributed by atoms with E-state index in [-0.39, 0.29) is 25.0 Å². The second-order valence-corrected chi connectivity index (χ2v) is 10.2. The Kier molecular flexibility index (Phi) is 8.61. The summed E-state index contributed by atoms with van der Waals surface area (Å²) in [7, 11) is 0. The number of ether oxygens (including phenoxy) is 2. The van der Waals surface area contributed by atoms with Crippen LogP contribution in [0.2, 0.25) is 0 Å². The van der Waals surface area contributed by atoms with Crippen LogP contribution in [-0.4, -0.2) is 31.0 Å². The maximum absolute atomic E-state index is 12.7. The first-order valence-corrected chi connectivity index (χ1v) is 13.4. The van der Waals surface area contributed by atoms with E-state index in [1.165, 1.54) is 11.3 Å². The summed E-state index contributed by atoms with van der Waals surface area (Å²) >= 11 is 1.45. The lowest BCUT2D eigenvalue weighted by atomic mass is 9.88. The van der Waals surface area contributed by atoms with Crippen LogP contribution in [0.15, 0.2) is 48.5 Å². The van der Waals surface area contributed by atoms with Crippen LogP contribution in [0.4, 0.5) is 10.7 Å². The molecule has 37 heavy (non-hydrogen) atoms. The van der Waals surface area contributed by atoms with Crippen molar-refractivity contribution in [2.45, 2.75) is 46.5 Å². The molecular weight excluding hydrogens is 488 g/mol. The highest BCUT2D eigenvalue weighted by molar-refractivity contribution is 7.17. The first-order valence-electron chi connectivity index (χ1n) is 12.6. The first kappa shape index (κ1) is 26.4. The van der Waals surface area contributed by atoms with E-state index in [1.54, 1.807) is 31.2 Å². The van der Waals surface area contributed by atoms with Gasteiger partial charge in [0.1, 0.15) is 10.8 Å². The number of anilines is 2. The minimum absolute atomic E-state index is 0.215. The van der Waals surface area contributed by atoms with Crippen molar-refractivity contribution >= 4 is 39.8 Å². The fourth-order valence-electron chi connectivity index (χ4n) is 4.42. The molecule has 0 radical (unpaired) electrons. The highest BCUT2D eigenvalue weighted by Gasteiger charge is 2.29. The number of fused-ring (bicyclic) bond motifs is 1. The number of hydrogen-bond acceptors (Lipinski definition) is 6. The minimum Gasteiger partial charge on any atom is -0.484 e. The van der Waals surface area contributed by atoms with Crippen LogP contribution >= 0.6 is 11.3 Å². The average Bonchev–Trinajstić information content (AvgIpc) is 3.24. The second-order valence-electron chi connectivity index (χ2n) is 9.10. The molecule has 0 bridgehead atoms. The number of para-hydroxylation sites is 1. The third kappa shape index (κ3) is 6.38. The Morgan fingerprint density at radius 3 is 2.51 bits per heavy atom. The summed E-state index contributed by atoms with van der Waals surface area (Å²) in [6.07, 6.45) is 3.52. The van der Waals surface area contributed by atoms with Gasteiger partial charge in [-0.3, -0.25) is 9.59 Å². The lowest BCUT2D eigenvalue weighted by Crippen LogP contribution is -2.21. The van der Waals surface area contributed by atoms with Crippen molar-refractivity contribution in [1.29, 1.82) is 0 Å². The highest BCUT2D eigenvalue weighted by Crippen LogP contribution is 2.40. The number of thiophene rings is 1. The summed E-state index contributed by atoms with van der Waals surface area (Å²) in [4.78, 5) is 39.1. The van der Waals surface area contributed by atoms with Gasteiger partial charge >= 0.3 is 5.97 Å². The van der Waals surface area contributed by atoms with Crippen LogP contribution < -0.4 is 15.4 Å². The number of esters is 1. The molecule has 3 aromatic rings. The van der Waals surface area contributed by atoms with Crippen molar-refractivity contribution in [2.24, 2.45) is 5.92 Å². The van der Waals surface area contributed by atoms with Crippen LogP contribution in [0.5, 0.6) is 5.75 Å². The van der Waals surface area contributed by atoms with E-state index in [4.69, 9.17) is 9.47 Å². The molecule has 7 nitrogen and oxygen atoms in total. The molecule has 4 rings (SSSR count). The van der Waals surface area contributed by atoms with Crippen molar-refractivity contribution in [3.63, 3.8) is 0 Å². The van der Waals surface area contributed by atoms with Gasteiger partial charge in [-0.2, -0.15) is 0 Å². The lowest BCUT2D eigenvalue weighted by Gasteiger charge is -2.18. The predicted molar refractivity (Wildman–Crippen MR) is 146 cm³/mol. The molecule has 2 N–H and O–H groups in total. The summed E-state index contributed by atoms with van der Waals surface area (Å²) < 4.78 is 10.9. The van der Waals surface area contributed by atoms with Crippen LogP contribution in [-0.2, 0) is 28.8 Å². The fourth-order valence-corrected chi connectivity index (χ4v) is 5.83. The lowest BCUT2D eigenvalue weighted by molar-refractivity contribution is -0.118. The largest absolute Gasteiger partial charge is 0.484 e. The maximum Gasteiger partial charge on any atom is 0.341 e. The molecule has 1 heterocycles. The van der Waals surface area contributed by atoms with Crippen molar-refractivity contribution in [1.82, 2.24) is 0 Å². The fraction of sp³-hybridized carbons (Fsp3) is 0.345. The molecule has 1 unspecified atom stereocenters. The van der Waals surface area contributed by atoms with Gasteiger partial charge in [0.15, 0.2) is 6.61 Å². The SMILES string of the molecule is CCOC(=O)c1c(NC(=O)COc2ccc(C(=O)Nc3ccccc3CC)cc2)sc2c1CCC(C)C2. The molecule has 1 aliphatic carbocycles. The Labute approximate surface area is 221 Å². The topological polar surface area (TPSA) is 93.7 Å². The van der Waals surface area contributed by atoms with Gasteiger partial charge in [-0.25, -0.2) is 4.79 Å². The number of amides is 2. The van der Waals surface area contributed by atoms with E-state index in [2.05, 4.69) is 17.6 Å². The summed E-state index contributed by atoms with van der Waals surface area (Å²) in [5.74, 6) is 0.0224. The van der Waals surface area contributed by atoms with Gasteiger partial charge < -0.3 is 20.1 Å². The van der Waals surface area contributed by atoms with Crippen LogP contribution in [0.25, 0.3) is 0 Å². The van der Waals surface area contributed by atoms with Crippen molar-refractivity contribution in [2.75, 3.05) is 23.8 Å². The second kappa shape index (κ2) is 12.1. The predicted octanol–water partition coefficient (Wildman–Crippen LogP) is 5.88. The quantitative estimate of drug-likeness (QED) is 0.344. The highest BCUT2D eigenvalue weighted by atomic mass is 32.1. The van der Waals surface area contributed by atoms with Crippen molar-refractivity contribution in [3.05, 3.63) is 75.7 Å². The molecule has 8 heteroatoms. The number of carbonyl (C=O) groups excluding carboxylic acids is 3. The summed E-state index contributed by atoms with van der Waals surface area (Å²) in [6, 6.07) is 14.3. The molecule has 1 atom stereocenters. The molecule has 2 amide bonds. The molecule has 194 valence electrons. The summed E-state index contributed by atoms with van der Waals surface area (Å²) in [5, 5.41) is 6.31. The first-order chi connectivity index (χ1) is 17.9. The molecule has 1 aromatic heterocycles. The van der Waals surface area contributed by atoms with Crippen LogP contribution in [0.3, 0.4) is 0 Å². The Balaban J connectivity index is 1.37. The number of hydrogen-bond donors (Lipinski definition) is 2. The molecule has 0 aliphatic heterocycles. The zero-order valence-electron chi connectivity index (χ0n) is 21.4. The van der Waals surface area contributed by atoms with Crippen LogP contribution in [0.1, 0.15) is 63.9 Å². The van der Waals surface area contributed by atoms with Gasteiger partial charge in [-0.15, -0.1) is 11.3 Å². The minimum atomic E-state index is -0.402. The molecule has 0 spiro atoms. The van der Waals surface area contributed by atoms with E-state index in [0.717, 1.165) is 47.4 Å². The van der Waals surface area contributed by atoms with Gasteiger partial charge in [-0.05, 0) is 80.0 Å². The van der Waals surface area contributed by atoms with Gasteiger partial charge in [0, 0.05) is 16.1 Å². The van der Waals surface area contributed by atoms with Gasteiger partial charge in [0.2, 0.25) is 0 Å². The molecular formula is C29H32N2O5S. The standard InChI is InChI=1S/C29H32N2O5S/c1-4-19-8-6-7-9-23(19)30-27(33)20-11-13-21(14-12-20)36-17-25(32)31-28-26(29(34)35-5-2)22-15-10-18(3)16-24(22)37-28/h6-9,11-14,18H,4-5,10,15-17H2,1-3H3,(H,30,33)(H,31,32). The number of nitrogens with one attached hydrogen (secondary N) is 2.